The van der Waals surface area contributed by atoms with E-state index in [1.807, 2.05) is 0 Å². The Hall–Kier alpha value is -1.12. The SMILES string of the molecule is CC(=Cc1ccccc1)CN1[C@H]2CCNC[C@@H]1CC2. The van der Waals surface area contributed by atoms with Crippen LogP contribution in [-0.2, 0) is 0 Å². The minimum absolute atomic E-state index is 0.756. The molecule has 2 heterocycles. The highest BCUT2D eigenvalue weighted by Crippen LogP contribution is 2.28. The molecule has 102 valence electrons. The molecule has 2 heteroatoms. The van der Waals surface area contributed by atoms with Gasteiger partial charge in [0.15, 0.2) is 0 Å². The van der Waals surface area contributed by atoms with Gasteiger partial charge < -0.3 is 5.32 Å². The van der Waals surface area contributed by atoms with Crippen molar-refractivity contribution < 1.29 is 0 Å². The summed E-state index contributed by atoms with van der Waals surface area (Å²) in [5.74, 6) is 0. The Labute approximate surface area is 116 Å². The minimum atomic E-state index is 0.756. The molecule has 0 radical (unpaired) electrons. The van der Waals surface area contributed by atoms with Gasteiger partial charge in [-0.3, -0.25) is 4.90 Å². The highest BCUT2D eigenvalue weighted by atomic mass is 15.2. The van der Waals surface area contributed by atoms with Crippen LogP contribution in [0.25, 0.3) is 6.08 Å². The van der Waals surface area contributed by atoms with Crippen LogP contribution in [-0.4, -0.2) is 36.6 Å². The normalized spacial score (nSPS) is 28.4. The Morgan fingerprint density at radius 3 is 2.84 bits per heavy atom. The third-order valence-corrected chi connectivity index (χ3v) is 4.45. The minimum Gasteiger partial charge on any atom is -0.315 e. The van der Waals surface area contributed by atoms with Gasteiger partial charge in [0.2, 0.25) is 0 Å². The number of rotatable bonds is 3. The van der Waals surface area contributed by atoms with Gasteiger partial charge >= 0.3 is 0 Å². The van der Waals surface area contributed by atoms with Gasteiger partial charge in [0.1, 0.15) is 0 Å². The predicted molar refractivity (Wildman–Crippen MR) is 81.1 cm³/mol. The zero-order valence-electron chi connectivity index (χ0n) is 11.8. The van der Waals surface area contributed by atoms with E-state index >= 15 is 0 Å². The lowest BCUT2D eigenvalue weighted by Gasteiger charge is -2.27. The van der Waals surface area contributed by atoms with Crippen molar-refractivity contribution in [2.75, 3.05) is 19.6 Å². The fourth-order valence-corrected chi connectivity index (χ4v) is 3.51. The summed E-state index contributed by atoms with van der Waals surface area (Å²) in [4.78, 5) is 2.73. The first kappa shape index (κ1) is 12.9. The van der Waals surface area contributed by atoms with Gasteiger partial charge in [-0.25, -0.2) is 0 Å². The summed E-state index contributed by atoms with van der Waals surface area (Å²) < 4.78 is 0. The molecule has 1 N–H and O–H groups in total. The average Bonchev–Trinajstić information content (AvgIpc) is 2.64. The maximum absolute atomic E-state index is 3.57. The molecule has 2 aliphatic rings. The largest absolute Gasteiger partial charge is 0.315 e. The molecular formula is C17H24N2. The highest BCUT2D eigenvalue weighted by Gasteiger charge is 2.34. The molecule has 0 aromatic heterocycles. The maximum Gasteiger partial charge on any atom is 0.0227 e. The first-order valence-electron chi connectivity index (χ1n) is 7.51. The average molecular weight is 256 g/mol. The van der Waals surface area contributed by atoms with Crippen LogP contribution in [0.5, 0.6) is 0 Å². The summed E-state index contributed by atoms with van der Waals surface area (Å²) in [6.45, 7) is 5.77. The van der Waals surface area contributed by atoms with E-state index in [4.69, 9.17) is 0 Å². The second kappa shape index (κ2) is 5.89. The molecule has 2 saturated heterocycles. The van der Waals surface area contributed by atoms with Crippen molar-refractivity contribution in [3.05, 3.63) is 41.5 Å². The number of benzene rings is 1. The van der Waals surface area contributed by atoms with Crippen molar-refractivity contribution in [1.29, 1.82) is 0 Å². The lowest BCUT2D eigenvalue weighted by molar-refractivity contribution is 0.221. The zero-order chi connectivity index (χ0) is 13.1. The molecular weight excluding hydrogens is 232 g/mol. The van der Waals surface area contributed by atoms with Crippen molar-refractivity contribution in [3.8, 4) is 0 Å². The monoisotopic (exact) mass is 256 g/mol. The molecule has 19 heavy (non-hydrogen) atoms. The summed E-state index contributed by atoms with van der Waals surface area (Å²) in [6.07, 6.45) is 6.41. The molecule has 1 aromatic rings. The van der Waals surface area contributed by atoms with Crippen LogP contribution in [0.15, 0.2) is 35.9 Å². The quantitative estimate of drug-likeness (QED) is 0.894. The maximum atomic E-state index is 3.57. The number of hydrogen-bond acceptors (Lipinski definition) is 2. The summed E-state index contributed by atoms with van der Waals surface area (Å²) >= 11 is 0. The number of nitrogens with zero attached hydrogens (tertiary/aromatic N) is 1. The van der Waals surface area contributed by atoms with Crippen molar-refractivity contribution in [2.24, 2.45) is 0 Å². The molecule has 2 fully saturated rings. The number of nitrogens with one attached hydrogen (secondary N) is 1. The van der Waals surface area contributed by atoms with Gasteiger partial charge in [-0.05, 0) is 38.3 Å². The van der Waals surface area contributed by atoms with Crippen molar-refractivity contribution in [3.63, 3.8) is 0 Å². The van der Waals surface area contributed by atoms with Crippen LogP contribution in [0.1, 0.15) is 31.7 Å². The Bertz CT molecular complexity index is 424. The molecule has 2 aliphatic heterocycles. The number of hydrogen-bond donors (Lipinski definition) is 1. The van der Waals surface area contributed by atoms with Crippen LogP contribution in [0.3, 0.4) is 0 Å². The molecule has 2 atom stereocenters. The Balaban J connectivity index is 1.69. The van der Waals surface area contributed by atoms with Gasteiger partial charge in [-0.1, -0.05) is 42.0 Å². The molecule has 0 amide bonds. The summed E-state index contributed by atoms with van der Waals surface area (Å²) in [5.41, 5.74) is 2.80. The van der Waals surface area contributed by atoms with E-state index in [1.54, 1.807) is 0 Å². The van der Waals surface area contributed by atoms with Crippen molar-refractivity contribution in [1.82, 2.24) is 10.2 Å². The van der Waals surface area contributed by atoms with Crippen LogP contribution < -0.4 is 5.32 Å². The molecule has 2 nitrogen and oxygen atoms in total. The fourth-order valence-electron chi connectivity index (χ4n) is 3.51. The van der Waals surface area contributed by atoms with Crippen LogP contribution in [0.4, 0.5) is 0 Å². The second-order valence-electron chi connectivity index (χ2n) is 5.95. The fraction of sp³-hybridized carbons (Fsp3) is 0.529. The van der Waals surface area contributed by atoms with E-state index < -0.39 is 0 Å². The van der Waals surface area contributed by atoms with Gasteiger partial charge in [0.25, 0.3) is 0 Å². The van der Waals surface area contributed by atoms with E-state index in [1.165, 1.54) is 43.5 Å². The first-order chi connectivity index (χ1) is 9.33. The molecule has 0 aliphatic carbocycles. The topological polar surface area (TPSA) is 15.3 Å². The number of fused-ring (bicyclic) bond motifs is 2. The van der Waals surface area contributed by atoms with E-state index in [0.717, 1.165) is 18.6 Å². The van der Waals surface area contributed by atoms with Gasteiger partial charge in [0, 0.05) is 25.2 Å². The third kappa shape index (κ3) is 3.07. The van der Waals surface area contributed by atoms with Gasteiger partial charge in [-0.15, -0.1) is 0 Å². The standard InChI is InChI=1S/C17H24N2/c1-14(11-15-5-3-2-4-6-15)13-19-16-7-8-17(19)12-18-10-9-16/h2-6,11,16-18H,7-10,12-13H2,1H3/t16-,17+/m1/s1. The van der Waals surface area contributed by atoms with E-state index in [0.29, 0.717) is 0 Å². The summed E-state index contributed by atoms with van der Waals surface area (Å²) in [6, 6.07) is 12.2. The second-order valence-corrected chi connectivity index (χ2v) is 5.95. The molecule has 3 rings (SSSR count). The third-order valence-electron chi connectivity index (χ3n) is 4.45. The lowest BCUT2D eigenvalue weighted by Crippen LogP contribution is -2.38. The first-order valence-corrected chi connectivity index (χ1v) is 7.51. The summed E-state index contributed by atoms with van der Waals surface area (Å²) in [5, 5.41) is 3.57. The van der Waals surface area contributed by atoms with Gasteiger partial charge in [-0.2, -0.15) is 0 Å². The molecule has 0 saturated carbocycles. The highest BCUT2D eigenvalue weighted by molar-refractivity contribution is 5.52. The van der Waals surface area contributed by atoms with Crippen LogP contribution in [0.2, 0.25) is 0 Å². The Morgan fingerprint density at radius 2 is 2.00 bits per heavy atom. The lowest BCUT2D eigenvalue weighted by atomic mass is 10.1. The van der Waals surface area contributed by atoms with Gasteiger partial charge in [0.05, 0.1) is 0 Å². The molecule has 1 aromatic carbocycles. The van der Waals surface area contributed by atoms with Crippen molar-refractivity contribution in [2.45, 2.75) is 38.3 Å². The molecule has 0 unspecified atom stereocenters. The molecule has 0 spiro atoms. The predicted octanol–water partition coefficient (Wildman–Crippen LogP) is 2.92. The van der Waals surface area contributed by atoms with E-state index in [2.05, 4.69) is 53.5 Å². The Kier molecular flexibility index (Phi) is 4.00. The van der Waals surface area contributed by atoms with E-state index in [-0.39, 0.29) is 0 Å². The van der Waals surface area contributed by atoms with Crippen LogP contribution >= 0.6 is 0 Å². The molecule has 2 bridgehead atoms. The zero-order valence-corrected chi connectivity index (χ0v) is 11.8. The van der Waals surface area contributed by atoms with Crippen molar-refractivity contribution >= 4 is 6.08 Å². The smallest absolute Gasteiger partial charge is 0.0227 e. The van der Waals surface area contributed by atoms with Crippen LogP contribution in [0, 0.1) is 0 Å². The Morgan fingerprint density at radius 1 is 1.21 bits per heavy atom. The summed E-state index contributed by atoms with van der Waals surface area (Å²) in [7, 11) is 0. The van der Waals surface area contributed by atoms with E-state index in [9.17, 15) is 0 Å².